The Labute approximate surface area is 106 Å². The Morgan fingerprint density at radius 1 is 1.33 bits per heavy atom. The van der Waals surface area contributed by atoms with Gasteiger partial charge in [-0.05, 0) is 18.9 Å². The summed E-state index contributed by atoms with van der Waals surface area (Å²) in [7, 11) is 0. The van der Waals surface area contributed by atoms with Gasteiger partial charge in [0.2, 0.25) is 0 Å². The first-order valence-electron chi connectivity index (χ1n) is 5.93. The van der Waals surface area contributed by atoms with Crippen molar-refractivity contribution in [2.75, 3.05) is 0 Å². The Kier molecular flexibility index (Phi) is 3.89. The highest BCUT2D eigenvalue weighted by Crippen LogP contribution is 2.16. The lowest BCUT2D eigenvalue weighted by molar-refractivity contribution is 0.160. The summed E-state index contributed by atoms with van der Waals surface area (Å²) in [6.07, 6.45) is 1.46. The van der Waals surface area contributed by atoms with Crippen molar-refractivity contribution >= 4 is 0 Å². The van der Waals surface area contributed by atoms with Crippen LogP contribution in [0.3, 0.4) is 0 Å². The highest BCUT2D eigenvalue weighted by Gasteiger charge is 2.07. The molecule has 1 N–H and O–H groups in total. The molecule has 0 unspecified atom stereocenters. The lowest BCUT2D eigenvalue weighted by atomic mass is 10.1. The van der Waals surface area contributed by atoms with Crippen molar-refractivity contribution in [3.8, 4) is 0 Å². The molecular weight excluding hydrogens is 228 g/mol. The van der Waals surface area contributed by atoms with Crippen molar-refractivity contribution in [1.29, 1.82) is 0 Å². The second-order valence-corrected chi connectivity index (χ2v) is 4.28. The van der Waals surface area contributed by atoms with Crippen molar-refractivity contribution in [2.45, 2.75) is 26.0 Å². The Morgan fingerprint density at radius 3 is 2.72 bits per heavy atom. The molecule has 4 heteroatoms. The van der Waals surface area contributed by atoms with Crippen LogP contribution in [-0.2, 0) is 6.54 Å². The zero-order valence-electron chi connectivity index (χ0n) is 10.3. The molecule has 18 heavy (non-hydrogen) atoms. The molecule has 0 aliphatic heterocycles. The van der Waals surface area contributed by atoms with Crippen LogP contribution in [0.2, 0.25) is 0 Å². The molecule has 94 valence electrons. The topological polar surface area (TPSA) is 55.1 Å². The average Bonchev–Trinajstić information content (AvgIpc) is 2.38. The third kappa shape index (κ3) is 3.05. The Balaban J connectivity index is 2.02. The fraction of sp³-hybridized carbons (Fsp3) is 0.286. The molecule has 2 aromatic rings. The molecule has 0 aliphatic rings. The van der Waals surface area contributed by atoms with Gasteiger partial charge in [0.05, 0.1) is 12.4 Å². The molecule has 0 amide bonds. The predicted octanol–water partition coefficient (Wildman–Crippen LogP) is 1.68. The van der Waals surface area contributed by atoms with Crippen LogP contribution in [-0.4, -0.2) is 14.7 Å². The van der Waals surface area contributed by atoms with E-state index in [-0.39, 0.29) is 5.56 Å². The summed E-state index contributed by atoms with van der Waals surface area (Å²) in [6.45, 7) is 2.24. The fourth-order valence-corrected chi connectivity index (χ4v) is 1.79. The maximum absolute atomic E-state index is 11.6. The molecule has 1 aromatic heterocycles. The van der Waals surface area contributed by atoms with Crippen molar-refractivity contribution in [2.24, 2.45) is 0 Å². The van der Waals surface area contributed by atoms with E-state index in [1.165, 1.54) is 17.0 Å². The highest BCUT2D eigenvalue weighted by atomic mass is 16.3. The minimum absolute atomic E-state index is 0.0808. The van der Waals surface area contributed by atoms with Gasteiger partial charge in [-0.2, -0.15) is 0 Å². The van der Waals surface area contributed by atoms with Crippen LogP contribution in [0.5, 0.6) is 0 Å². The molecule has 0 radical (unpaired) electrons. The standard InChI is InChI=1S/C14H16N2O2/c1-11-9-14(18)16(10-15-11)8-7-13(17)12-5-3-2-4-6-12/h2-6,9-10,13,17H,7-8H2,1H3/t13-/m1/s1. The number of rotatable bonds is 4. The molecule has 0 saturated carbocycles. The van der Waals surface area contributed by atoms with Gasteiger partial charge in [0.1, 0.15) is 0 Å². The van der Waals surface area contributed by atoms with Crippen LogP contribution in [0.4, 0.5) is 0 Å². The normalized spacial score (nSPS) is 12.3. The van der Waals surface area contributed by atoms with E-state index in [0.29, 0.717) is 18.7 Å². The summed E-state index contributed by atoms with van der Waals surface area (Å²) in [5, 5.41) is 9.99. The first kappa shape index (κ1) is 12.5. The van der Waals surface area contributed by atoms with E-state index in [2.05, 4.69) is 4.98 Å². The van der Waals surface area contributed by atoms with Gasteiger partial charge in [-0.15, -0.1) is 0 Å². The quantitative estimate of drug-likeness (QED) is 0.890. The zero-order valence-corrected chi connectivity index (χ0v) is 10.3. The van der Waals surface area contributed by atoms with Crippen LogP contribution in [0.25, 0.3) is 0 Å². The molecule has 0 aliphatic carbocycles. The first-order chi connectivity index (χ1) is 8.66. The lowest BCUT2D eigenvalue weighted by Gasteiger charge is -2.11. The molecule has 2 rings (SSSR count). The van der Waals surface area contributed by atoms with Gasteiger partial charge in [-0.25, -0.2) is 4.98 Å². The number of aliphatic hydroxyl groups excluding tert-OH is 1. The van der Waals surface area contributed by atoms with E-state index in [0.717, 1.165) is 5.56 Å². The summed E-state index contributed by atoms with van der Waals surface area (Å²) in [5.74, 6) is 0. The van der Waals surface area contributed by atoms with Crippen LogP contribution in [0, 0.1) is 6.92 Å². The minimum Gasteiger partial charge on any atom is -0.388 e. The number of aliphatic hydroxyl groups is 1. The summed E-state index contributed by atoms with van der Waals surface area (Å²) in [5.41, 5.74) is 1.49. The zero-order chi connectivity index (χ0) is 13.0. The molecule has 4 nitrogen and oxygen atoms in total. The van der Waals surface area contributed by atoms with E-state index in [1.807, 2.05) is 30.3 Å². The van der Waals surface area contributed by atoms with Gasteiger partial charge in [0.15, 0.2) is 0 Å². The molecule has 0 spiro atoms. The maximum Gasteiger partial charge on any atom is 0.253 e. The third-order valence-corrected chi connectivity index (χ3v) is 2.84. The van der Waals surface area contributed by atoms with Gasteiger partial charge in [-0.1, -0.05) is 30.3 Å². The number of aromatic nitrogens is 2. The van der Waals surface area contributed by atoms with Crippen molar-refractivity contribution in [3.63, 3.8) is 0 Å². The average molecular weight is 244 g/mol. The van der Waals surface area contributed by atoms with Crippen molar-refractivity contribution in [1.82, 2.24) is 9.55 Å². The smallest absolute Gasteiger partial charge is 0.253 e. The third-order valence-electron chi connectivity index (χ3n) is 2.84. The predicted molar refractivity (Wildman–Crippen MR) is 69.3 cm³/mol. The Morgan fingerprint density at radius 2 is 2.06 bits per heavy atom. The van der Waals surface area contributed by atoms with Crippen LogP contribution >= 0.6 is 0 Å². The van der Waals surface area contributed by atoms with Gasteiger partial charge in [0, 0.05) is 18.3 Å². The van der Waals surface area contributed by atoms with Crippen LogP contribution in [0.1, 0.15) is 23.8 Å². The van der Waals surface area contributed by atoms with Gasteiger partial charge >= 0.3 is 0 Å². The van der Waals surface area contributed by atoms with Gasteiger partial charge in [-0.3, -0.25) is 9.36 Å². The molecule has 0 fully saturated rings. The summed E-state index contributed by atoms with van der Waals surface area (Å²) in [6, 6.07) is 10.9. The number of aryl methyl sites for hydroxylation is 2. The minimum atomic E-state index is -0.556. The first-order valence-corrected chi connectivity index (χ1v) is 5.93. The molecular formula is C14H16N2O2. The second-order valence-electron chi connectivity index (χ2n) is 4.28. The lowest BCUT2D eigenvalue weighted by Crippen LogP contribution is -2.21. The second kappa shape index (κ2) is 5.60. The molecule has 1 heterocycles. The summed E-state index contributed by atoms with van der Waals surface area (Å²) >= 11 is 0. The van der Waals surface area contributed by atoms with E-state index in [1.54, 1.807) is 6.92 Å². The Hall–Kier alpha value is -1.94. The van der Waals surface area contributed by atoms with E-state index >= 15 is 0 Å². The van der Waals surface area contributed by atoms with E-state index < -0.39 is 6.10 Å². The SMILES string of the molecule is Cc1cc(=O)n(CC[C@@H](O)c2ccccc2)cn1. The van der Waals surface area contributed by atoms with Crippen molar-refractivity contribution in [3.05, 3.63) is 64.3 Å². The van der Waals surface area contributed by atoms with Gasteiger partial charge < -0.3 is 5.11 Å². The number of hydrogen-bond donors (Lipinski definition) is 1. The fourth-order valence-electron chi connectivity index (χ4n) is 1.79. The van der Waals surface area contributed by atoms with E-state index in [9.17, 15) is 9.90 Å². The molecule has 1 atom stereocenters. The van der Waals surface area contributed by atoms with Crippen LogP contribution < -0.4 is 5.56 Å². The summed E-state index contributed by atoms with van der Waals surface area (Å²) < 4.78 is 1.51. The molecule has 1 aromatic carbocycles. The summed E-state index contributed by atoms with van der Waals surface area (Å²) in [4.78, 5) is 15.7. The molecule has 0 bridgehead atoms. The maximum atomic E-state index is 11.6. The Bertz CT molecular complexity index is 564. The van der Waals surface area contributed by atoms with E-state index in [4.69, 9.17) is 0 Å². The van der Waals surface area contributed by atoms with Crippen LogP contribution in [0.15, 0.2) is 47.5 Å². The largest absolute Gasteiger partial charge is 0.388 e. The molecule has 0 saturated heterocycles. The highest BCUT2D eigenvalue weighted by molar-refractivity contribution is 5.17. The van der Waals surface area contributed by atoms with Gasteiger partial charge in [0.25, 0.3) is 5.56 Å². The number of benzene rings is 1. The monoisotopic (exact) mass is 244 g/mol. The number of hydrogen-bond acceptors (Lipinski definition) is 3. The number of nitrogens with zero attached hydrogens (tertiary/aromatic N) is 2. The van der Waals surface area contributed by atoms with Crippen molar-refractivity contribution < 1.29 is 5.11 Å².